The van der Waals surface area contributed by atoms with Crippen molar-refractivity contribution < 1.29 is 4.74 Å². The number of hydrogen-bond acceptors (Lipinski definition) is 2. The number of methoxy groups -OCH3 is 1. The van der Waals surface area contributed by atoms with E-state index in [2.05, 4.69) is 11.8 Å². The molecule has 2 N–H and O–H groups in total. The molecule has 0 aromatic heterocycles. The molecule has 2 rings (SSSR count). The summed E-state index contributed by atoms with van der Waals surface area (Å²) in [6.45, 7) is 0. The molecule has 0 saturated heterocycles. The van der Waals surface area contributed by atoms with Gasteiger partial charge in [-0.3, -0.25) is 0 Å². The summed E-state index contributed by atoms with van der Waals surface area (Å²) in [4.78, 5) is 0. The standard InChI is InChI=1S/C15H12ClNO/c1-18-14-7-3-11(4-8-14)2-5-12-10-13(16)6-9-15(12)17/h3-4,6-10H,17H2,1H3. The van der Waals surface area contributed by atoms with Crippen molar-refractivity contribution in [3.05, 3.63) is 58.6 Å². The van der Waals surface area contributed by atoms with Crippen molar-refractivity contribution in [1.82, 2.24) is 0 Å². The molecule has 2 aromatic rings. The molecule has 2 nitrogen and oxygen atoms in total. The van der Waals surface area contributed by atoms with Gasteiger partial charge in [0, 0.05) is 21.8 Å². The quantitative estimate of drug-likeness (QED) is 0.628. The molecule has 0 amide bonds. The Morgan fingerprint density at radius 2 is 1.78 bits per heavy atom. The highest BCUT2D eigenvalue weighted by Gasteiger charge is 1.96. The minimum Gasteiger partial charge on any atom is -0.497 e. The molecule has 0 bridgehead atoms. The van der Waals surface area contributed by atoms with Gasteiger partial charge < -0.3 is 10.5 Å². The van der Waals surface area contributed by atoms with E-state index in [1.54, 1.807) is 25.3 Å². The zero-order chi connectivity index (χ0) is 13.0. The highest BCUT2D eigenvalue weighted by molar-refractivity contribution is 6.30. The summed E-state index contributed by atoms with van der Waals surface area (Å²) >= 11 is 5.90. The number of rotatable bonds is 1. The van der Waals surface area contributed by atoms with E-state index in [-0.39, 0.29) is 0 Å². The Balaban J connectivity index is 2.27. The van der Waals surface area contributed by atoms with Crippen LogP contribution in [0, 0.1) is 11.8 Å². The highest BCUT2D eigenvalue weighted by Crippen LogP contribution is 2.17. The number of hydrogen-bond donors (Lipinski definition) is 1. The van der Waals surface area contributed by atoms with E-state index >= 15 is 0 Å². The summed E-state index contributed by atoms with van der Waals surface area (Å²) < 4.78 is 5.08. The fourth-order valence-corrected chi connectivity index (χ4v) is 1.62. The number of anilines is 1. The Morgan fingerprint density at radius 1 is 1.06 bits per heavy atom. The van der Waals surface area contributed by atoms with Crippen LogP contribution in [-0.4, -0.2) is 7.11 Å². The fourth-order valence-electron chi connectivity index (χ4n) is 1.45. The van der Waals surface area contributed by atoms with Gasteiger partial charge in [0.15, 0.2) is 0 Å². The second kappa shape index (κ2) is 5.48. The number of nitrogens with two attached hydrogens (primary N) is 1. The summed E-state index contributed by atoms with van der Waals surface area (Å²) in [5.74, 6) is 6.85. The van der Waals surface area contributed by atoms with Crippen LogP contribution in [0.5, 0.6) is 5.75 Å². The maximum atomic E-state index is 5.90. The van der Waals surface area contributed by atoms with E-state index in [9.17, 15) is 0 Å². The van der Waals surface area contributed by atoms with Crippen LogP contribution in [0.3, 0.4) is 0 Å². The average molecular weight is 258 g/mol. The first-order valence-electron chi connectivity index (χ1n) is 5.40. The lowest BCUT2D eigenvalue weighted by atomic mass is 10.1. The summed E-state index contributed by atoms with van der Waals surface area (Å²) in [6, 6.07) is 12.8. The van der Waals surface area contributed by atoms with Crippen LogP contribution in [0.15, 0.2) is 42.5 Å². The molecule has 0 atom stereocenters. The Kier molecular flexibility index (Phi) is 3.76. The second-order valence-corrected chi connectivity index (χ2v) is 4.15. The summed E-state index contributed by atoms with van der Waals surface area (Å²) in [7, 11) is 1.63. The van der Waals surface area contributed by atoms with E-state index in [0.717, 1.165) is 16.9 Å². The molecule has 90 valence electrons. The average Bonchev–Trinajstić information content (AvgIpc) is 2.40. The topological polar surface area (TPSA) is 35.2 Å². The molecule has 0 spiro atoms. The van der Waals surface area contributed by atoms with Crippen LogP contribution in [0.1, 0.15) is 11.1 Å². The minimum absolute atomic E-state index is 0.625. The molecule has 0 heterocycles. The maximum Gasteiger partial charge on any atom is 0.118 e. The number of halogens is 1. The van der Waals surface area contributed by atoms with Gasteiger partial charge in [-0.2, -0.15) is 0 Å². The predicted molar refractivity (Wildman–Crippen MR) is 74.8 cm³/mol. The molecule has 0 aliphatic carbocycles. The lowest BCUT2D eigenvalue weighted by Gasteiger charge is -1.99. The van der Waals surface area contributed by atoms with Gasteiger partial charge in [-0.25, -0.2) is 0 Å². The van der Waals surface area contributed by atoms with Gasteiger partial charge in [0.1, 0.15) is 5.75 Å². The lowest BCUT2D eigenvalue weighted by molar-refractivity contribution is 0.415. The van der Waals surface area contributed by atoms with Gasteiger partial charge in [0.05, 0.1) is 7.11 Å². The Labute approximate surface area is 111 Å². The molecular weight excluding hydrogens is 246 g/mol. The van der Waals surface area contributed by atoms with Crippen LogP contribution in [0.25, 0.3) is 0 Å². The van der Waals surface area contributed by atoms with Gasteiger partial charge in [-0.15, -0.1) is 0 Å². The molecule has 0 saturated carbocycles. The predicted octanol–water partition coefficient (Wildman–Crippen LogP) is 3.33. The fraction of sp³-hybridized carbons (Fsp3) is 0.0667. The number of nitrogen functional groups attached to an aromatic ring is 1. The van der Waals surface area contributed by atoms with Crippen molar-refractivity contribution in [1.29, 1.82) is 0 Å². The monoisotopic (exact) mass is 257 g/mol. The van der Waals surface area contributed by atoms with E-state index in [1.807, 2.05) is 24.3 Å². The Morgan fingerprint density at radius 3 is 2.44 bits per heavy atom. The van der Waals surface area contributed by atoms with E-state index < -0.39 is 0 Å². The third-order valence-electron chi connectivity index (χ3n) is 2.45. The molecule has 2 aromatic carbocycles. The lowest BCUT2D eigenvalue weighted by Crippen LogP contribution is -1.89. The first kappa shape index (κ1) is 12.3. The number of ether oxygens (including phenoxy) is 1. The van der Waals surface area contributed by atoms with Crippen molar-refractivity contribution in [3.8, 4) is 17.6 Å². The van der Waals surface area contributed by atoms with Gasteiger partial charge in [-0.1, -0.05) is 23.4 Å². The largest absolute Gasteiger partial charge is 0.497 e. The third kappa shape index (κ3) is 2.97. The normalized spacial score (nSPS) is 9.44. The minimum atomic E-state index is 0.625. The molecular formula is C15H12ClNO. The van der Waals surface area contributed by atoms with Gasteiger partial charge >= 0.3 is 0 Å². The first-order chi connectivity index (χ1) is 8.69. The smallest absolute Gasteiger partial charge is 0.118 e. The molecule has 0 radical (unpaired) electrons. The number of benzene rings is 2. The SMILES string of the molecule is COc1ccc(C#Cc2cc(Cl)ccc2N)cc1. The molecule has 0 unspecified atom stereocenters. The van der Waals surface area contributed by atoms with Gasteiger partial charge in [0.2, 0.25) is 0 Å². The highest BCUT2D eigenvalue weighted by atomic mass is 35.5. The molecule has 0 aliphatic rings. The molecule has 0 aliphatic heterocycles. The van der Waals surface area contributed by atoms with Crippen LogP contribution in [-0.2, 0) is 0 Å². The van der Waals surface area contributed by atoms with Crippen LogP contribution in [0.2, 0.25) is 5.02 Å². The molecule has 0 fully saturated rings. The van der Waals surface area contributed by atoms with E-state index in [1.165, 1.54) is 0 Å². The van der Waals surface area contributed by atoms with Crippen molar-refractivity contribution >= 4 is 17.3 Å². The van der Waals surface area contributed by atoms with Crippen LogP contribution >= 0.6 is 11.6 Å². The van der Waals surface area contributed by atoms with Gasteiger partial charge in [0.25, 0.3) is 0 Å². The Bertz CT molecular complexity index is 609. The van der Waals surface area contributed by atoms with Crippen molar-refractivity contribution in [2.75, 3.05) is 12.8 Å². The zero-order valence-corrected chi connectivity index (χ0v) is 10.7. The summed E-state index contributed by atoms with van der Waals surface area (Å²) in [6.07, 6.45) is 0. The summed E-state index contributed by atoms with van der Waals surface area (Å²) in [5, 5.41) is 0.628. The zero-order valence-electron chi connectivity index (χ0n) is 9.91. The summed E-state index contributed by atoms with van der Waals surface area (Å²) in [5.41, 5.74) is 8.08. The second-order valence-electron chi connectivity index (χ2n) is 3.71. The van der Waals surface area contributed by atoms with Crippen molar-refractivity contribution in [2.45, 2.75) is 0 Å². The molecule has 18 heavy (non-hydrogen) atoms. The van der Waals surface area contributed by atoms with Gasteiger partial charge in [-0.05, 0) is 42.5 Å². The molecule has 3 heteroatoms. The van der Waals surface area contributed by atoms with E-state index in [4.69, 9.17) is 22.1 Å². The van der Waals surface area contributed by atoms with Crippen LogP contribution in [0.4, 0.5) is 5.69 Å². The van der Waals surface area contributed by atoms with E-state index in [0.29, 0.717) is 10.7 Å². The first-order valence-corrected chi connectivity index (χ1v) is 5.78. The van der Waals surface area contributed by atoms with Crippen LogP contribution < -0.4 is 10.5 Å². The third-order valence-corrected chi connectivity index (χ3v) is 2.68. The van der Waals surface area contributed by atoms with Crippen molar-refractivity contribution in [2.24, 2.45) is 0 Å². The maximum absolute atomic E-state index is 5.90. The Hall–Kier alpha value is -2.11. The van der Waals surface area contributed by atoms with Crippen molar-refractivity contribution in [3.63, 3.8) is 0 Å².